The number of ether oxygens (including phenoxy) is 1. The van der Waals surface area contributed by atoms with Crippen LogP contribution >= 0.6 is 9.24 Å². The Kier molecular flexibility index (Phi) is 8.87. The Morgan fingerprint density at radius 2 is 1.69 bits per heavy atom. The van der Waals surface area contributed by atoms with Gasteiger partial charge in [-0.25, -0.2) is 0 Å². The molecule has 1 atom stereocenters. The lowest BCUT2D eigenvalue weighted by Gasteiger charge is -2.15. The smallest absolute Gasteiger partial charge is 0.417 e. The lowest BCUT2D eigenvalue weighted by atomic mass is 9.96. The standard InChI is InChI=1S/C25H26F5OP/c1-4-19-11-12-20(16-22(19)25(29,30)32)31-14-8-6-5-7-9-18-10-13-21(17(2)3)23(15-18)24(26,27)28/h1,10-13,15-16H,2,5-9,14,32H2,3H3. The van der Waals surface area contributed by atoms with Gasteiger partial charge in [-0.05, 0) is 61.6 Å². The number of benzene rings is 2. The first kappa shape index (κ1) is 25.9. The Morgan fingerprint density at radius 3 is 2.28 bits per heavy atom. The molecule has 7 heteroatoms. The van der Waals surface area contributed by atoms with E-state index in [4.69, 9.17) is 11.2 Å². The number of allylic oxidation sites excluding steroid dienone is 1. The molecule has 1 unspecified atom stereocenters. The predicted molar refractivity (Wildman–Crippen MR) is 122 cm³/mol. The molecule has 0 heterocycles. The highest BCUT2D eigenvalue weighted by Crippen LogP contribution is 2.38. The van der Waals surface area contributed by atoms with E-state index in [1.807, 2.05) is 0 Å². The summed E-state index contributed by atoms with van der Waals surface area (Å²) in [5.41, 5.74) is -2.82. The number of unbranched alkanes of at least 4 members (excludes halogenated alkanes) is 3. The fourth-order valence-corrected chi connectivity index (χ4v) is 3.58. The lowest BCUT2D eigenvalue weighted by molar-refractivity contribution is -0.137. The van der Waals surface area contributed by atoms with E-state index in [0.717, 1.165) is 19.3 Å². The Bertz CT molecular complexity index is 983. The predicted octanol–water partition coefficient (Wildman–Crippen LogP) is 7.83. The first-order valence-corrected chi connectivity index (χ1v) is 10.8. The monoisotopic (exact) mass is 468 g/mol. The van der Waals surface area contributed by atoms with Crippen molar-refractivity contribution in [2.75, 3.05) is 6.61 Å². The summed E-state index contributed by atoms with van der Waals surface area (Å²) in [5.74, 6) is 2.56. The fraction of sp³-hybridized carbons (Fsp3) is 0.360. The van der Waals surface area contributed by atoms with Gasteiger partial charge in [-0.3, -0.25) is 0 Å². The van der Waals surface area contributed by atoms with E-state index >= 15 is 0 Å². The van der Waals surface area contributed by atoms with Crippen LogP contribution in [0.3, 0.4) is 0 Å². The Morgan fingerprint density at radius 1 is 1.00 bits per heavy atom. The molecule has 172 valence electrons. The van der Waals surface area contributed by atoms with Gasteiger partial charge in [0.1, 0.15) is 5.75 Å². The molecule has 0 spiro atoms. The van der Waals surface area contributed by atoms with Gasteiger partial charge >= 0.3 is 6.18 Å². The number of terminal acetylenes is 1. The van der Waals surface area contributed by atoms with Crippen molar-refractivity contribution in [1.29, 1.82) is 0 Å². The zero-order valence-corrected chi connectivity index (χ0v) is 19.0. The van der Waals surface area contributed by atoms with Crippen molar-refractivity contribution in [2.45, 2.75) is 50.9 Å². The van der Waals surface area contributed by atoms with Crippen molar-refractivity contribution in [3.8, 4) is 18.1 Å². The quantitative estimate of drug-likeness (QED) is 0.149. The van der Waals surface area contributed by atoms with Gasteiger partial charge in [0, 0.05) is 11.1 Å². The van der Waals surface area contributed by atoms with E-state index < -0.39 is 17.4 Å². The van der Waals surface area contributed by atoms with Crippen molar-refractivity contribution >= 4 is 14.8 Å². The van der Waals surface area contributed by atoms with E-state index in [2.05, 4.69) is 12.5 Å². The highest BCUT2D eigenvalue weighted by atomic mass is 31.0. The molecule has 0 saturated carbocycles. The van der Waals surface area contributed by atoms with E-state index in [0.29, 0.717) is 36.3 Å². The normalized spacial score (nSPS) is 11.8. The van der Waals surface area contributed by atoms with Crippen LogP contribution in [0, 0.1) is 12.3 Å². The van der Waals surface area contributed by atoms with Crippen LogP contribution in [-0.4, -0.2) is 6.61 Å². The molecular formula is C25H26F5OP. The molecule has 32 heavy (non-hydrogen) atoms. The molecule has 0 saturated heterocycles. The van der Waals surface area contributed by atoms with Gasteiger partial charge in [0.05, 0.1) is 12.2 Å². The molecule has 0 aliphatic heterocycles. The maximum atomic E-state index is 13.6. The van der Waals surface area contributed by atoms with E-state index in [-0.39, 0.29) is 16.7 Å². The minimum atomic E-state index is -4.42. The van der Waals surface area contributed by atoms with Gasteiger partial charge in [0.25, 0.3) is 5.66 Å². The Balaban J connectivity index is 1.80. The summed E-state index contributed by atoms with van der Waals surface area (Å²) in [4.78, 5) is 0. The third kappa shape index (κ3) is 7.35. The molecule has 0 fully saturated rings. The first-order chi connectivity index (χ1) is 14.9. The number of hydrogen-bond acceptors (Lipinski definition) is 1. The van der Waals surface area contributed by atoms with Crippen molar-refractivity contribution in [1.82, 2.24) is 0 Å². The molecule has 2 rings (SSSR count). The second-order valence-corrected chi connectivity index (χ2v) is 8.37. The van der Waals surface area contributed by atoms with E-state index in [1.165, 1.54) is 33.5 Å². The number of alkyl halides is 5. The van der Waals surface area contributed by atoms with Crippen LogP contribution in [0.15, 0.2) is 43.0 Å². The summed E-state index contributed by atoms with van der Waals surface area (Å²) >= 11 is 0. The summed E-state index contributed by atoms with van der Waals surface area (Å²) in [7, 11) is 1.47. The first-order valence-electron chi connectivity index (χ1n) is 10.2. The van der Waals surface area contributed by atoms with Crippen LogP contribution in [0.2, 0.25) is 0 Å². The number of hydrogen-bond donors (Lipinski definition) is 0. The van der Waals surface area contributed by atoms with Crippen LogP contribution in [0.1, 0.15) is 60.4 Å². The average molecular weight is 468 g/mol. The van der Waals surface area contributed by atoms with Crippen LogP contribution in [0.25, 0.3) is 5.57 Å². The Labute approximate surface area is 188 Å². The zero-order valence-electron chi connectivity index (χ0n) is 17.9. The average Bonchev–Trinajstić information content (AvgIpc) is 2.71. The third-order valence-corrected chi connectivity index (χ3v) is 5.29. The highest BCUT2D eigenvalue weighted by Gasteiger charge is 2.33. The minimum absolute atomic E-state index is 0.113. The van der Waals surface area contributed by atoms with Gasteiger partial charge in [-0.15, -0.1) is 6.42 Å². The van der Waals surface area contributed by atoms with Crippen molar-refractivity contribution in [3.63, 3.8) is 0 Å². The Hall–Kier alpha value is -2.38. The summed E-state index contributed by atoms with van der Waals surface area (Å²) < 4.78 is 72.7. The maximum Gasteiger partial charge on any atom is 0.417 e. The van der Waals surface area contributed by atoms with Gasteiger partial charge in [0.15, 0.2) is 0 Å². The van der Waals surface area contributed by atoms with Crippen LogP contribution < -0.4 is 4.74 Å². The lowest BCUT2D eigenvalue weighted by Crippen LogP contribution is -2.09. The highest BCUT2D eigenvalue weighted by molar-refractivity contribution is 7.17. The molecule has 0 aliphatic carbocycles. The molecule has 2 aromatic rings. The molecule has 2 aromatic carbocycles. The van der Waals surface area contributed by atoms with Crippen LogP contribution in [0.4, 0.5) is 22.0 Å². The van der Waals surface area contributed by atoms with Crippen molar-refractivity contribution in [2.24, 2.45) is 0 Å². The second-order valence-electron chi connectivity index (χ2n) is 7.65. The summed E-state index contributed by atoms with van der Waals surface area (Å²) in [6.07, 6.45) is 4.46. The van der Waals surface area contributed by atoms with Crippen LogP contribution in [0.5, 0.6) is 5.75 Å². The van der Waals surface area contributed by atoms with Gasteiger partial charge < -0.3 is 4.74 Å². The molecule has 0 aromatic heterocycles. The molecule has 0 aliphatic rings. The van der Waals surface area contributed by atoms with E-state index in [9.17, 15) is 22.0 Å². The van der Waals surface area contributed by atoms with E-state index in [1.54, 1.807) is 19.1 Å². The molecular weight excluding hydrogens is 442 g/mol. The SMILES string of the molecule is C#Cc1ccc(OCCCCCCc2ccc(C(=C)C)c(C(F)(F)F)c2)cc1C(F)(F)P. The molecule has 0 N–H and O–H groups in total. The molecule has 0 amide bonds. The summed E-state index contributed by atoms with van der Waals surface area (Å²) in [5, 5.41) is 0. The van der Waals surface area contributed by atoms with Crippen molar-refractivity contribution < 1.29 is 26.7 Å². The summed E-state index contributed by atoms with van der Waals surface area (Å²) in [6.45, 7) is 5.53. The van der Waals surface area contributed by atoms with Crippen LogP contribution in [-0.2, 0) is 18.3 Å². The van der Waals surface area contributed by atoms with Gasteiger partial charge in [0.2, 0.25) is 0 Å². The molecule has 0 radical (unpaired) electrons. The van der Waals surface area contributed by atoms with Gasteiger partial charge in [-0.2, -0.15) is 22.0 Å². The zero-order chi connectivity index (χ0) is 23.9. The largest absolute Gasteiger partial charge is 0.494 e. The second kappa shape index (κ2) is 11.0. The summed E-state index contributed by atoms with van der Waals surface area (Å²) in [6, 6.07) is 8.62. The number of aryl methyl sites for hydroxylation is 1. The number of halogens is 5. The van der Waals surface area contributed by atoms with Gasteiger partial charge in [-0.1, -0.05) is 52.3 Å². The van der Waals surface area contributed by atoms with Crippen molar-refractivity contribution in [3.05, 3.63) is 70.8 Å². The fourth-order valence-electron chi connectivity index (χ4n) is 3.34. The molecule has 1 nitrogen and oxygen atoms in total. The number of rotatable bonds is 10. The molecule has 0 bridgehead atoms. The maximum absolute atomic E-state index is 13.6. The minimum Gasteiger partial charge on any atom is -0.494 e. The third-order valence-electron chi connectivity index (χ3n) is 4.98. The topological polar surface area (TPSA) is 9.23 Å².